The molecule has 0 aromatic heterocycles. The van der Waals surface area contributed by atoms with Crippen LogP contribution in [0.2, 0.25) is 0 Å². The first-order valence-electron chi connectivity index (χ1n) is 7.91. The lowest BCUT2D eigenvalue weighted by Gasteiger charge is -2.45. The molecule has 21 heavy (non-hydrogen) atoms. The van der Waals surface area contributed by atoms with Crippen molar-refractivity contribution < 1.29 is 9.90 Å². The lowest BCUT2D eigenvalue weighted by molar-refractivity contribution is -0.133. The second kappa shape index (κ2) is 6.16. The van der Waals surface area contributed by atoms with Crippen LogP contribution in [0, 0.1) is 0 Å². The van der Waals surface area contributed by atoms with Gasteiger partial charge in [0.1, 0.15) is 0 Å². The fourth-order valence-electron chi connectivity index (χ4n) is 3.75. The van der Waals surface area contributed by atoms with Crippen LogP contribution >= 0.6 is 0 Å². The Hall–Kier alpha value is -1.39. The molecular weight excluding hydrogens is 264 g/mol. The summed E-state index contributed by atoms with van der Waals surface area (Å²) >= 11 is 0. The summed E-state index contributed by atoms with van der Waals surface area (Å²) in [6.07, 6.45) is 3.75. The molecule has 1 N–H and O–H groups in total. The van der Waals surface area contributed by atoms with Gasteiger partial charge in [0.2, 0.25) is 5.91 Å². The SMILES string of the molecule is O=C1CCC2(CCN(CCO)CC2)N1Cc1ccccc1. The topological polar surface area (TPSA) is 43.8 Å². The Morgan fingerprint density at radius 3 is 2.48 bits per heavy atom. The van der Waals surface area contributed by atoms with Crippen LogP contribution < -0.4 is 0 Å². The number of nitrogens with zero attached hydrogens (tertiary/aromatic N) is 2. The number of hydrogen-bond acceptors (Lipinski definition) is 3. The van der Waals surface area contributed by atoms with Crippen LogP contribution in [0.3, 0.4) is 0 Å². The predicted octanol–water partition coefficient (Wildman–Crippen LogP) is 1.64. The Labute approximate surface area is 126 Å². The highest BCUT2D eigenvalue weighted by molar-refractivity contribution is 5.79. The average Bonchev–Trinajstić information content (AvgIpc) is 2.81. The number of benzene rings is 1. The molecule has 1 spiro atoms. The number of rotatable bonds is 4. The molecule has 2 fully saturated rings. The average molecular weight is 288 g/mol. The number of likely N-dealkylation sites (tertiary alicyclic amines) is 2. The molecule has 0 aliphatic carbocycles. The van der Waals surface area contributed by atoms with Crippen LogP contribution in [0.25, 0.3) is 0 Å². The summed E-state index contributed by atoms with van der Waals surface area (Å²) in [5.41, 5.74) is 1.27. The highest BCUT2D eigenvalue weighted by Gasteiger charge is 2.46. The van der Waals surface area contributed by atoms with Crippen LogP contribution in [0.1, 0.15) is 31.2 Å². The van der Waals surface area contributed by atoms with E-state index in [2.05, 4.69) is 21.9 Å². The van der Waals surface area contributed by atoms with Gasteiger partial charge in [0.25, 0.3) is 0 Å². The van der Waals surface area contributed by atoms with Gasteiger partial charge in [0.05, 0.1) is 6.61 Å². The van der Waals surface area contributed by atoms with Crippen LogP contribution in [0.4, 0.5) is 0 Å². The maximum Gasteiger partial charge on any atom is 0.223 e. The number of amides is 1. The van der Waals surface area contributed by atoms with E-state index < -0.39 is 0 Å². The molecule has 0 saturated carbocycles. The molecule has 0 unspecified atom stereocenters. The minimum absolute atomic E-state index is 0.0544. The maximum absolute atomic E-state index is 12.3. The molecule has 0 atom stereocenters. The van der Waals surface area contributed by atoms with Crippen LogP contribution in [0.5, 0.6) is 0 Å². The number of carbonyl (C=O) groups excluding carboxylic acids is 1. The first kappa shape index (κ1) is 14.5. The number of aliphatic hydroxyl groups is 1. The van der Waals surface area contributed by atoms with Gasteiger partial charge in [-0.15, -0.1) is 0 Å². The number of aliphatic hydroxyl groups excluding tert-OH is 1. The Balaban J connectivity index is 1.71. The summed E-state index contributed by atoms with van der Waals surface area (Å²) in [5, 5.41) is 9.06. The molecule has 3 rings (SSSR count). The van der Waals surface area contributed by atoms with E-state index in [1.165, 1.54) is 5.56 Å². The van der Waals surface area contributed by atoms with Crippen molar-refractivity contribution >= 4 is 5.91 Å². The van der Waals surface area contributed by atoms with E-state index in [1.807, 2.05) is 18.2 Å². The molecule has 4 nitrogen and oxygen atoms in total. The van der Waals surface area contributed by atoms with Gasteiger partial charge in [0, 0.05) is 38.1 Å². The molecule has 0 radical (unpaired) electrons. The maximum atomic E-state index is 12.3. The van der Waals surface area contributed by atoms with E-state index in [0.717, 1.165) is 45.4 Å². The molecule has 1 amide bonds. The van der Waals surface area contributed by atoms with Gasteiger partial charge in [-0.25, -0.2) is 0 Å². The zero-order chi connectivity index (χ0) is 14.7. The van der Waals surface area contributed by atoms with E-state index in [9.17, 15) is 4.79 Å². The van der Waals surface area contributed by atoms with Crippen molar-refractivity contribution in [1.29, 1.82) is 0 Å². The fraction of sp³-hybridized carbons (Fsp3) is 0.588. The smallest absolute Gasteiger partial charge is 0.223 e. The zero-order valence-corrected chi connectivity index (χ0v) is 12.5. The minimum atomic E-state index is 0.0544. The molecule has 1 aromatic carbocycles. The van der Waals surface area contributed by atoms with Crippen molar-refractivity contribution in [1.82, 2.24) is 9.80 Å². The zero-order valence-electron chi connectivity index (χ0n) is 12.5. The minimum Gasteiger partial charge on any atom is -0.395 e. The molecular formula is C17H24N2O2. The first-order valence-corrected chi connectivity index (χ1v) is 7.91. The van der Waals surface area contributed by atoms with Gasteiger partial charge in [-0.05, 0) is 24.8 Å². The number of β-amino-alcohol motifs (C(OH)–C–C–N with tert-alkyl or cyclic N) is 1. The van der Waals surface area contributed by atoms with Crippen molar-refractivity contribution in [3.63, 3.8) is 0 Å². The summed E-state index contributed by atoms with van der Waals surface area (Å²) < 4.78 is 0. The Kier molecular flexibility index (Phi) is 4.27. The summed E-state index contributed by atoms with van der Waals surface area (Å²) in [7, 11) is 0. The van der Waals surface area contributed by atoms with E-state index >= 15 is 0 Å². The quantitative estimate of drug-likeness (QED) is 0.916. The van der Waals surface area contributed by atoms with E-state index in [4.69, 9.17) is 5.11 Å². The first-order chi connectivity index (χ1) is 10.2. The van der Waals surface area contributed by atoms with Crippen LogP contribution in [-0.4, -0.2) is 52.6 Å². The largest absolute Gasteiger partial charge is 0.395 e. The Morgan fingerprint density at radius 1 is 1.10 bits per heavy atom. The van der Waals surface area contributed by atoms with Crippen molar-refractivity contribution in [3.8, 4) is 0 Å². The molecule has 1 aromatic rings. The van der Waals surface area contributed by atoms with Gasteiger partial charge in [-0.1, -0.05) is 30.3 Å². The molecule has 2 aliphatic heterocycles. The summed E-state index contributed by atoms with van der Waals surface area (Å²) in [6.45, 7) is 3.68. The molecule has 4 heteroatoms. The van der Waals surface area contributed by atoms with Gasteiger partial charge < -0.3 is 14.9 Å². The van der Waals surface area contributed by atoms with E-state index in [0.29, 0.717) is 12.3 Å². The van der Waals surface area contributed by atoms with E-state index in [-0.39, 0.29) is 12.1 Å². The second-order valence-corrected chi connectivity index (χ2v) is 6.26. The van der Waals surface area contributed by atoms with Crippen molar-refractivity contribution in [2.24, 2.45) is 0 Å². The van der Waals surface area contributed by atoms with Crippen molar-refractivity contribution in [2.75, 3.05) is 26.2 Å². The molecule has 2 aliphatic rings. The predicted molar refractivity (Wildman–Crippen MR) is 81.7 cm³/mol. The lowest BCUT2D eigenvalue weighted by Crippen LogP contribution is -2.53. The van der Waals surface area contributed by atoms with Crippen LogP contribution in [0.15, 0.2) is 30.3 Å². The fourth-order valence-corrected chi connectivity index (χ4v) is 3.75. The highest BCUT2D eigenvalue weighted by Crippen LogP contribution is 2.39. The Morgan fingerprint density at radius 2 is 1.81 bits per heavy atom. The number of carbonyl (C=O) groups is 1. The van der Waals surface area contributed by atoms with Gasteiger partial charge in [-0.2, -0.15) is 0 Å². The third-order valence-electron chi connectivity index (χ3n) is 5.06. The van der Waals surface area contributed by atoms with Gasteiger partial charge >= 0.3 is 0 Å². The van der Waals surface area contributed by atoms with Gasteiger partial charge in [-0.3, -0.25) is 4.79 Å². The molecule has 2 saturated heterocycles. The number of hydrogen-bond donors (Lipinski definition) is 1. The third-order valence-corrected chi connectivity index (χ3v) is 5.06. The molecule has 0 bridgehead atoms. The second-order valence-electron chi connectivity index (χ2n) is 6.26. The lowest BCUT2D eigenvalue weighted by atomic mass is 9.84. The highest BCUT2D eigenvalue weighted by atomic mass is 16.3. The molecule has 114 valence electrons. The van der Waals surface area contributed by atoms with E-state index in [1.54, 1.807) is 0 Å². The normalized spacial score (nSPS) is 22.1. The monoisotopic (exact) mass is 288 g/mol. The summed E-state index contributed by atoms with van der Waals surface area (Å²) in [4.78, 5) is 16.8. The summed E-state index contributed by atoms with van der Waals surface area (Å²) in [6, 6.07) is 10.3. The number of piperidine rings is 1. The molecule has 2 heterocycles. The van der Waals surface area contributed by atoms with Crippen molar-refractivity contribution in [2.45, 2.75) is 37.8 Å². The van der Waals surface area contributed by atoms with Crippen LogP contribution in [-0.2, 0) is 11.3 Å². The Bertz CT molecular complexity index is 481. The summed E-state index contributed by atoms with van der Waals surface area (Å²) in [5.74, 6) is 0.300. The van der Waals surface area contributed by atoms with Gasteiger partial charge in [0.15, 0.2) is 0 Å². The standard InChI is InChI=1S/C17H24N2O2/c20-13-12-18-10-8-17(9-11-18)7-6-16(21)19(17)14-15-4-2-1-3-5-15/h1-5,20H,6-14H2. The van der Waals surface area contributed by atoms with Crippen molar-refractivity contribution in [3.05, 3.63) is 35.9 Å². The third kappa shape index (κ3) is 2.97.